The standard InChI is InChI=1S/C17H17FN2O3/c1-12(13-7-9-15(18)10-8-13)20-23-11-14-5-3-4-6-16(14)19-17(21)22-2/h3-10H,11H2,1-2H3,(H,19,21). The molecule has 0 heterocycles. The quantitative estimate of drug-likeness (QED) is 0.671. The van der Waals surface area contributed by atoms with Crippen LogP contribution in [0.15, 0.2) is 53.7 Å². The van der Waals surface area contributed by atoms with Gasteiger partial charge >= 0.3 is 6.09 Å². The number of ether oxygens (including phenoxy) is 1. The van der Waals surface area contributed by atoms with Crippen LogP contribution in [0, 0.1) is 5.82 Å². The largest absolute Gasteiger partial charge is 0.453 e. The normalized spacial score (nSPS) is 11.0. The van der Waals surface area contributed by atoms with Crippen LogP contribution in [0.25, 0.3) is 0 Å². The molecule has 0 aliphatic rings. The lowest BCUT2D eigenvalue weighted by Gasteiger charge is -2.09. The number of para-hydroxylation sites is 1. The number of nitrogens with zero attached hydrogens (tertiary/aromatic N) is 1. The summed E-state index contributed by atoms with van der Waals surface area (Å²) in [5.41, 5.74) is 2.75. The summed E-state index contributed by atoms with van der Waals surface area (Å²) < 4.78 is 17.5. The molecule has 0 aromatic heterocycles. The molecule has 0 spiro atoms. The molecule has 0 fully saturated rings. The summed E-state index contributed by atoms with van der Waals surface area (Å²) in [5.74, 6) is -0.301. The van der Waals surface area contributed by atoms with E-state index in [9.17, 15) is 9.18 Å². The summed E-state index contributed by atoms with van der Waals surface area (Å²) in [6.07, 6.45) is -0.552. The Bertz CT molecular complexity index is 699. The van der Waals surface area contributed by atoms with Crippen molar-refractivity contribution >= 4 is 17.5 Å². The number of rotatable bonds is 5. The second-order valence-electron chi connectivity index (χ2n) is 4.73. The van der Waals surface area contributed by atoms with Crippen molar-refractivity contribution in [1.82, 2.24) is 0 Å². The van der Waals surface area contributed by atoms with Crippen molar-refractivity contribution in [1.29, 1.82) is 0 Å². The van der Waals surface area contributed by atoms with Gasteiger partial charge in [0.05, 0.1) is 18.5 Å². The van der Waals surface area contributed by atoms with Gasteiger partial charge in [-0.15, -0.1) is 0 Å². The second-order valence-corrected chi connectivity index (χ2v) is 4.73. The van der Waals surface area contributed by atoms with Crippen LogP contribution in [0.3, 0.4) is 0 Å². The Hall–Kier alpha value is -2.89. The summed E-state index contributed by atoms with van der Waals surface area (Å²) in [6, 6.07) is 13.2. The lowest BCUT2D eigenvalue weighted by Crippen LogP contribution is -2.12. The maximum absolute atomic E-state index is 12.9. The van der Waals surface area contributed by atoms with Gasteiger partial charge in [-0.2, -0.15) is 0 Å². The number of halogens is 1. The molecule has 0 bridgehead atoms. The fourth-order valence-electron chi connectivity index (χ4n) is 1.87. The number of benzene rings is 2. The number of methoxy groups -OCH3 is 1. The highest BCUT2D eigenvalue weighted by Gasteiger charge is 2.06. The van der Waals surface area contributed by atoms with Gasteiger partial charge in [-0.25, -0.2) is 9.18 Å². The molecule has 2 aromatic carbocycles. The van der Waals surface area contributed by atoms with Gasteiger partial charge in [-0.05, 0) is 30.7 Å². The first-order valence-corrected chi connectivity index (χ1v) is 6.95. The van der Waals surface area contributed by atoms with Gasteiger partial charge in [0, 0.05) is 5.56 Å². The summed E-state index contributed by atoms with van der Waals surface area (Å²) in [5, 5.41) is 6.61. The number of oxime groups is 1. The van der Waals surface area contributed by atoms with Crippen molar-refractivity contribution < 1.29 is 18.8 Å². The predicted molar refractivity (Wildman–Crippen MR) is 85.9 cm³/mol. The van der Waals surface area contributed by atoms with Crippen molar-refractivity contribution in [3.8, 4) is 0 Å². The molecule has 0 aliphatic heterocycles. The maximum Gasteiger partial charge on any atom is 0.411 e. The highest BCUT2D eigenvalue weighted by atomic mass is 19.1. The number of hydrogen-bond acceptors (Lipinski definition) is 4. The van der Waals surface area contributed by atoms with Crippen LogP contribution in [0.2, 0.25) is 0 Å². The molecule has 0 unspecified atom stereocenters. The summed E-state index contributed by atoms with van der Waals surface area (Å²) >= 11 is 0. The SMILES string of the molecule is COC(=O)Nc1ccccc1CON=C(C)c1ccc(F)cc1. The van der Waals surface area contributed by atoms with Gasteiger partial charge in [-0.1, -0.05) is 35.5 Å². The number of amides is 1. The first-order chi connectivity index (χ1) is 11.1. The number of carbonyl (C=O) groups is 1. The van der Waals surface area contributed by atoms with Crippen LogP contribution in [-0.2, 0) is 16.2 Å². The van der Waals surface area contributed by atoms with E-state index in [0.717, 1.165) is 11.1 Å². The Kier molecular flexibility index (Phi) is 5.68. The number of anilines is 1. The van der Waals surface area contributed by atoms with Gasteiger partial charge in [-0.3, -0.25) is 5.32 Å². The lowest BCUT2D eigenvalue weighted by atomic mass is 10.1. The van der Waals surface area contributed by atoms with Crippen LogP contribution in [0.4, 0.5) is 14.9 Å². The molecule has 1 amide bonds. The van der Waals surface area contributed by atoms with E-state index in [1.54, 1.807) is 31.2 Å². The first kappa shape index (κ1) is 16.5. The summed E-state index contributed by atoms with van der Waals surface area (Å²) in [7, 11) is 1.30. The highest BCUT2D eigenvalue weighted by Crippen LogP contribution is 2.16. The van der Waals surface area contributed by atoms with Gasteiger partial charge in [0.2, 0.25) is 0 Å². The minimum atomic E-state index is -0.552. The van der Waals surface area contributed by atoms with E-state index in [4.69, 9.17) is 4.84 Å². The number of nitrogens with one attached hydrogen (secondary N) is 1. The molecule has 0 aliphatic carbocycles. The monoisotopic (exact) mass is 316 g/mol. The summed E-state index contributed by atoms with van der Waals surface area (Å²) in [6.45, 7) is 1.95. The molecule has 0 atom stereocenters. The molecule has 2 rings (SSSR count). The molecular weight excluding hydrogens is 299 g/mol. The molecule has 120 valence electrons. The number of carbonyl (C=O) groups excluding carboxylic acids is 1. The fourth-order valence-corrected chi connectivity index (χ4v) is 1.87. The summed E-state index contributed by atoms with van der Waals surface area (Å²) in [4.78, 5) is 16.6. The Morgan fingerprint density at radius 2 is 1.87 bits per heavy atom. The lowest BCUT2D eigenvalue weighted by molar-refractivity contribution is 0.131. The molecule has 6 heteroatoms. The van der Waals surface area contributed by atoms with Crippen molar-refractivity contribution in [3.05, 3.63) is 65.5 Å². The van der Waals surface area contributed by atoms with E-state index in [2.05, 4.69) is 15.2 Å². The Morgan fingerprint density at radius 3 is 2.57 bits per heavy atom. The average molecular weight is 316 g/mol. The van der Waals surface area contributed by atoms with Gasteiger partial charge in [0.1, 0.15) is 12.4 Å². The van der Waals surface area contributed by atoms with E-state index < -0.39 is 6.09 Å². The van der Waals surface area contributed by atoms with Crippen molar-refractivity contribution in [2.75, 3.05) is 12.4 Å². The zero-order valence-electron chi connectivity index (χ0n) is 12.9. The van der Waals surface area contributed by atoms with Crippen LogP contribution in [0.5, 0.6) is 0 Å². The van der Waals surface area contributed by atoms with Crippen molar-refractivity contribution in [3.63, 3.8) is 0 Å². The zero-order chi connectivity index (χ0) is 16.7. The van der Waals surface area contributed by atoms with Crippen LogP contribution in [-0.4, -0.2) is 18.9 Å². The van der Waals surface area contributed by atoms with Crippen LogP contribution >= 0.6 is 0 Å². The fraction of sp³-hybridized carbons (Fsp3) is 0.176. The van der Waals surface area contributed by atoms with E-state index >= 15 is 0 Å². The Balaban J connectivity index is 2.02. The molecule has 2 aromatic rings. The van der Waals surface area contributed by atoms with Crippen LogP contribution in [0.1, 0.15) is 18.1 Å². The topological polar surface area (TPSA) is 59.9 Å². The molecule has 0 saturated carbocycles. The van der Waals surface area contributed by atoms with Crippen molar-refractivity contribution in [2.24, 2.45) is 5.16 Å². The molecule has 1 N–H and O–H groups in total. The number of hydrogen-bond donors (Lipinski definition) is 1. The average Bonchev–Trinajstić information content (AvgIpc) is 2.56. The maximum atomic E-state index is 12.9. The highest BCUT2D eigenvalue weighted by molar-refractivity contribution is 5.98. The Morgan fingerprint density at radius 1 is 1.17 bits per heavy atom. The van der Waals surface area contributed by atoms with E-state index in [0.29, 0.717) is 11.4 Å². The zero-order valence-corrected chi connectivity index (χ0v) is 12.9. The molecule has 5 nitrogen and oxygen atoms in total. The van der Waals surface area contributed by atoms with E-state index in [1.165, 1.54) is 19.2 Å². The first-order valence-electron chi connectivity index (χ1n) is 6.95. The third kappa shape index (κ3) is 4.81. The molecule has 0 saturated heterocycles. The van der Waals surface area contributed by atoms with E-state index in [-0.39, 0.29) is 12.4 Å². The van der Waals surface area contributed by atoms with Gasteiger partial charge < -0.3 is 9.57 Å². The minimum absolute atomic E-state index is 0.179. The molecule has 0 radical (unpaired) electrons. The van der Waals surface area contributed by atoms with E-state index in [1.807, 2.05) is 12.1 Å². The second kappa shape index (κ2) is 7.93. The Labute approximate surface area is 133 Å². The molecule has 23 heavy (non-hydrogen) atoms. The molecular formula is C17H17FN2O3. The minimum Gasteiger partial charge on any atom is -0.453 e. The van der Waals surface area contributed by atoms with Gasteiger partial charge in [0.15, 0.2) is 0 Å². The third-order valence-corrected chi connectivity index (χ3v) is 3.12. The van der Waals surface area contributed by atoms with Crippen LogP contribution < -0.4 is 5.32 Å². The predicted octanol–water partition coefficient (Wildman–Crippen LogP) is 3.94. The van der Waals surface area contributed by atoms with Crippen molar-refractivity contribution in [2.45, 2.75) is 13.5 Å². The third-order valence-electron chi connectivity index (χ3n) is 3.12. The van der Waals surface area contributed by atoms with Gasteiger partial charge in [0.25, 0.3) is 0 Å². The smallest absolute Gasteiger partial charge is 0.411 e.